The molecular weight excluding hydrogens is 452 g/mol. The molecule has 2 heterocycles. The molecule has 0 bridgehead atoms. The second-order valence-corrected chi connectivity index (χ2v) is 9.35. The maximum atomic E-state index is 13.0. The average molecular weight is 485 g/mol. The van der Waals surface area contributed by atoms with Gasteiger partial charge in [-0.1, -0.05) is 42.8 Å². The Morgan fingerprint density at radius 3 is 2.33 bits per heavy atom. The molecule has 0 saturated carbocycles. The third-order valence-corrected chi connectivity index (χ3v) is 6.57. The van der Waals surface area contributed by atoms with E-state index in [1.807, 2.05) is 45.0 Å². The van der Waals surface area contributed by atoms with Crippen molar-refractivity contribution >= 4 is 29.6 Å². The summed E-state index contributed by atoms with van der Waals surface area (Å²) in [5.41, 5.74) is 9.30. The molecule has 7 heteroatoms. The van der Waals surface area contributed by atoms with E-state index in [1.165, 1.54) is 16.7 Å². The number of aryl methyl sites for hydroxylation is 5. The summed E-state index contributed by atoms with van der Waals surface area (Å²) in [6.07, 6.45) is 2.44. The number of rotatable bonds is 6. The van der Waals surface area contributed by atoms with Crippen LogP contribution in [0.5, 0.6) is 0 Å². The van der Waals surface area contributed by atoms with Crippen molar-refractivity contribution in [2.45, 2.75) is 48.0 Å². The van der Waals surface area contributed by atoms with Crippen molar-refractivity contribution in [1.29, 1.82) is 0 Å². The molecule has 4 rings (SSSR count). The van der Waals surface area contributed by atoms with E-state index in [0.29, 0.717) is 5.69 Å². The van der Waals surface area contributed by atoms with Crippen molar-refractivity contribution in [3.05, 3.63) is 87.4 Å². The standard InChI is InChI=1S/C29H32N4O3/c1-7-22-10-8-9-11-24(22)30-26(34)16-32-28(35)25(31-29(32)36)15-23-14-20(5)33(21(23)6)27-18(3)12-17(2)13-19(27)4/h8-15H,7,16H2,1-6H3,(H,30,34)(H,31,36)/b25-15+. The molecule has 4 amide bonds. The quantitative estimate of drug-likeness (QED) is 0.377. The maximum absolute atomic E-state index is 13.0. The Morgan fingerprint density at radius 1 is 1.00 bits per heavy atom. The zero-order valence-corrected chi connectivity index (χ0v) is 21.7. The number of carbonyl (C=O) groups is 3. The fourth-order valence-electron chi connectivity index (χ4n) is 4.96. The highest BCUT2D eigenvalue weighted by Gasteiger charge is 2.35. The van der Waals surface area contributed by atoms with Crippen LogP contribution in [0.25, 0.3) is 11.8 Å². The van der Waals surface area contributed by atoms with E-state index >= 15 is 0 Å². The van der Waals surface area contributed by atoms with Gasteiger partial charge < -0.3 is 15.2 Å². The molecule has 2 N–H and O–H groups in total. The predicted molar refractivity (Wildman–Crippen MR) is 142 cm³/mol. The van der Waals surface area contributed by atoms with Crippen molar-refractivity contribution in [2.75, 3.05) is 11.9 Å². The molecule has 3 aromatic rings. The molecule has 0 atom stereocenters. The monoisotopic (exact) mass is 484 g/mol. The molecule has 186 valence electrons. The number of aromatic nitrogens is 1. The second-order valence-electron chi connectivity index (χ2n) is 9.35. The van der Waals surface area contributed by atoms with Crippen molar-refractivity contribution in [1.82, 2.24) is 14.8 Å². The average Bonchev–Trinajstić information content (AvgIpc) is 3.23. The van der Waals surface area contributed by atoms with Crippen LogP contribution in [0.4, 0.5) is 10.5 Å². The molecule has 1 aliphatic rings. The molecule has 0 radical (unpaired) electrons. The van der Waals surface area contributed by atoms with E-state index in [9.17, 15) is 14.4 Å². The van der Waals surface area contributed by atoms with Gasteiger partial charge in [0.15, 0.2) is 0 Å². The molecule has 0 unspecified atom stereocenters. The Bertz CT molecular complexity index is 1390. The summed E-state index contributed by atoms with van der Waals surface area (Å²) in [4.78, 5) is 39.2. The number of anilines is 1. The summed E-state index contributed by atoms with van der Waals surface area (Å²) in [5.74, 6) is -0.949. The normalized spacial score (nSPS) is 14.5. The van der Waals surface area contributed by atoms with Crippen molar-refractivity contribution in [2.24, 2.45) is 0 Å². The Balaban J connectivity index is 1.57. The number of amides is 4. The first-order valence-electron chi connectivity index (χ1n) is 12.1. The van der Waals surface area contributed by atoms with Gasteiger partial charge in [-0.3, -0.25) is 9.59 Å². The van der Waals surface area contributed by atoms with Gasteiger partial charge in [0.2, 0.25) is 5.91 Å². The summed E-state index contributed by atoms with van der Waals surface area (Å²) in [6.45, 7) is 11.9. The smallest absolute Gasteiger partial charge is 0.324 e. The molecule has 0 aliphatic carbocycles. The van der Waals surface area contributed by atoms with Crippen LogP contribution < -0.4 is 10.6 Å². The molecule has 1 aromatic heterocycles. The van der Waals surface area contributed by atoms with Crippen LogP contribution in [0.3, 0.4) is 0 Å². The first-order valence-corrected chi connectivity index (χ1v) is 12.1. The Kier molecular flexibility index (Phi) is 6.84. The first-order chi connectivity index (χ1) is 17.1. The lowest BCUT2D eigenvalue weighted by molar-refractivity contribution is -0.127. The molecule has 2 aromatic carbocycles. The minimum atomic E-state index is -0.607. The topological polar surface area (TPSA) is 83.4 Å². The minimum Gasteiger partial charge on any atom is -0.324 e. The number of nitrogens with one attached hydrogen (secondary N) is 2. The SMILES string of the molecule is CCc1ccccc1NC(=O)CN1C(=O)N/C(=C/c2cc(C)n(-c3c(C)cc(C)cc3C)c2C)C1=O. The van der Waals surface area contributed by atoms with E-state index < -0.39 is 17.8 Å². The lowest BCUT2D eigenvalue weighted by atomic mass is 10.0. The number of nitrogens with zero attached hydrogens (tertiary/aromatic N) is 2. The van der Waals surface area contributed by atoms with E-state index in [4.69, 9.17) is 0 Å². The van der Waals surface area contributed by atoms with Crippen LogP contribution in [-0.2, 0) is 16.0 Å². The molecule has 1 aliphatic heterocycles. The summed E-state index contributed by atoms with van der Waals surface area (Å²) in [6, 6.07) is 13.2. The largest absolute Gasteiger partial charge is 0.329 e. The number of hydrogen-bond donors (Lipinski definition) is 2. The molecule has 36 heavy (non-hydrogen) atoms. The number of imide groups is 1. The Morgan fingerprint density at radius 2 is 1.67 bits per heavy atom. The Hall–Kier alpha value is -4.13. The van der Waals surface area contributed by atoms with E-state index in [1.54, 1.807) is 12.1 Å². The Labute approximate surface area is 211 Å². The van der Waals surface area contributed by atoms with E-state index in [2.05, 4.69) is 48.1 Å². The van der Waals surface area contributed by atoms with Crippen LogP contribution >= 0.6 is 0 Å². The van der Waals surface area contributed by atoms with Crippen LogP contribution in [0, 0.1) is 34.6 Å². The third kappa shape index (κ3) is 4.69. The lowest BCUT2D eigenvalue weighted by Crippen LogP contribution is -2.38. The predicted octanol–water partition coefficient (Wildman–Crippen LogP) is 5.11. The van der Waals surface area contributed by atoms with Gasteiger partial charge >= 0.3 is 6.03 Å². The van der Waals surface area contributed by atoms with Gasteiger partial charge in [-0.15, -0.1) is 0 Å². The van der Waals surface area contributed by atoms with Gasteiger partial charge in [-0.2, -0.15) is 0 Å². The zero-order chi connectivity index (χ0) is 26.1. The summed E-state index contributed by atoms with van der Waals surface area (Å²) >= 11 is 0. The second kappa shape index (κ2) is 9.85. The van der Waals surface area contributed by atoms with Gasteiger partial charge in [0.1, 0.15) is 12.2 Å². The van der Waals surface area contributed by atoms with Gasteiger partial charge in [-0.05, 0) is 81.5 Å². The van der Waals surface area contributed by atoms with Crippen LogP contribution in [0.15, 0.2) is 48.2 Å². The molecule has 7 nitrogen and oxygen atoms in total. The van der Waals surface area contributed by atoms with Crippen molar-refractivity contribution < 1.29 is 14.4 Å². The summed E-state index contributed by atoms with van der Waals surface area (Å²) in [5, 5.41) is 5.44. The maximum Gasteiger partial charge on any atom is 0.329 e. The molecule has 1 fully saturated rings. The lowest BCUT2D eigenvalue weighted by Gasteiger charge is -2.17. The fourth-order valence-corrected chi connectivity index (χ4v) is 4.96. The highest BCUT2D eigenvalue weighted by Crippen LogP contribution is 2.28. The number of carbonyl (C=O) groups excluding carboxylic acids is 3. The van der Waals surface area contributed by atoms with Gasteiger partial charge in [0.05, 0.1) is 5.69 Å². The van der Waals surface area contributed by atoms with Crippen LogP contribution in [0.1, 0.15) is 46.1 Å². The molecular formula is C29H32N4O3. The third-order valence-electron chi connectivity index (χ3n) is 6.57. The van der Waals surface area contributed by atoms with E-state index in [0.717, 1.165) is 39.5 Å². The first kappa shape index (κ1) is 25.0. The molecule has 0 spiro atoms. The number of para-hydroxylation sites is 1. The highest BCUT2D eigenvalue weighted by molar-refractivity contribution is 6.16. The fraction of sp³-hybridized carbons (Fsp3) is 0.276. The zero-order valence-electron chi connectivity index (χ0n) is 21.7. The van der Waals surface area contributed by atoms with Crippen LogP contribution in [-0.4, -0.2) is 33.9 Å². The summed E-state index contributed by atoms with van der Waals surface area (Å²) < 4.78 is 2.17. The number of urea groups is 1. The van der Waals surface area contributed by atoms with E-state index in [-0.39, 0.29) is 12.2 Å². The van der Waals surface area contributed by atoms with Gasteiger partial charge in [0, 0.05) is 17.1 Å². The van der Waals surface area contributed by atoms with Crippen molar-refractivity contribution in [3.63, 3.8) is 0 Å². The number of benzene rings is 2. The number of hydrogen-bond acceptors (Lipinski definition) is 3. The highest BCUT2D eigenvalue weighted by atomic mass is 16.2. The summed E-state index contributed by atoms with van der Waals surface area (Å²) in [7, 11) is 0. The van der Waals surface area contributed by atoms with Gasteiger partial charge in [-0.25, -0.2) is 9.69 Å². The van der Waals surface area contributed by atoms with Crippen molar-refractivity contribution in [3.8, 4) is 5.69 Å². The van der Waals surface area contributed by atoms with Crippen LogP contribution in [0.2, 0.25) is 0 Å². The molecule has 1 saturated heterocycles. The van der Waals surface area contributed by atoms with Gasteiger partial charge in [0.25, 0.3) is 5.91 Å². The minimum absolute atomic E-state index is 0.152.